The number of rotatable bonds is 5. The third kappa shape index (κ3) is 3.93. The molecule has 0 fully saturated rings. The van der Waals surface area contributed by atoms with Gasteiger partial charge in [-0.25, -0.2) is 4.79 Å². The second kappa shape index (κ2) is 6.18. The summed E-state index contributed by atoms with van der Waals surface area (Å²) in [6.07, 6.45) is 0.121. The molecule has 0 aliphatic carbocycles. The van der Waals surface area contributed by atoms with E-state index in [0.717, 1.165) is 5.56 Å². The van der Waals surface area contributed by atoms with Gasteiger partial charge in [-0.3, -0.25) is 4.55 Å². The zero-order valence-corrected chi connectivity index (χ0v) is 12.4. The second-order valence-corrected chi connectivity index (χ2v) is 5.98. The SMILES string of the molecule is O=C(CCc1ccc(O)cc1)On1c(O)cc(S(=O)(=O)O)c1O. The van der Waals surface area contributed by atoms with Gasteiger partial charge in [0.05, 0.1) is 6.42 Å². The molecule has 0 bridgehead atoms. The Kier molecular flexibility index (Phi) is 4.48. The largest absolute Gasteiger partial charge is 0.508 e. The van der Waals surface area contributed by atoms with Gasteiger partial charge in [0.1, 0.15) is 5.75 Å². The third-order valence-corrected chi connectivity index (χ3v) is 3.76. The first-order valence-electron chi connectivity index (χ1n) is 6.28. The van der Waals surface area contributed by atoms with Gasteiger partial charge in [0, 0.05) is 6.07 Å². The zero-order chi connectivity index (χ0) is 17.2. The van der Waals surface area contributed by atoms with Crippen molar-refractivity contribution in [3.05, 3.63) is 35.9 Å². The lowest BCUT2D eigenvalue weighted by atomic mass is 10.1. The van der Waals surface area contributed by atoms with Crippen LogP contribution in [-0.2, 0) is 21.3 Å². The zero-order valence-electron chi connectivity index (χ0n) is 11.6. The maximum absolute atomic E-state index is 11.7. The van der Waals surface area contributed by atoms with Crippen molar-refractivity contribution >= 4 is 16.1 Å². The van der Waals surface area contributed by atoms with Crippen LogP contribution >= 0.6 is 0 Å². The highest BCUT2D eigenvalue weighted by Crippen LogP contribution is 2.30. The second-order valence-electron chi connectivity index (χ2n) is 4.59. The first kappa shape index (κ1) is 16.6. The first-order valence-corrected chi connectivity index (χ1v) is 7.72. The van der Waals surface area contributed by atoms with E-state index in [1.165, 1.54) is 12.1 Å². The molecule has 2 rings (SSSR count). The topological polar surface area (TPSA) is 146 Å². The summed E-state index contributed by atoms with van der Waals surface area (Å²) in [6.45, 7) is 0. The number of aryl methyl sites for hydroxylation is 1. The quantitative estimate of drug-likeness (QED) is 0.572. The van der Waals surface area contributed by atoms with Gasteiger partial charge < -0.3 is 20.2 Å². The van der Waals surface area contributed by atoms with Gasteiger partial charge >= 0.3 is 5.97 Å². The molecule has 1 heterocycles. The summed E-state index contributed by atoms with van der Waals surface area (Å²) < 4.78 is 30.9. The number of carbonyl (C=O) groups is 1. The van der Waals surface area contributed by atoms with Crippen LogP contribution in [-0.4, -0.2) is 39.0 Å². The van der Waals surface area contributed by atoms with Crippen LogP contribution < -0.4 is 4.84 Å². The van der Waals surface area contributed by atoms with E-state index in [9.17, 15) is 23.4 Å². The van der Waals surface area contributed by atoms with Crippen LogP contribution in [0.2, 0.25) is 0 Å². The molecule has 0 atom stereocenters. The molecule has 9 nitrogen and oxygen atoms in total. The molecule has 0 unspecified atom stereocenters. The molecule has 0 saturated carbocycles. The molecule has 0 saturated heterocycles. The predicted octanol–water partition coefficient (Wildman–Crippen LogP) is 0.440. The van der Waals surface area contributed by atoms with E-state index in [1.807, 2.05) is 0 Å². The van der Waals surface area contributed by atoms with Gasteiger partial charge in [-0.1, -0.05) is 12.1 Å². The Balaban J connectivity index is 2.06. The number of hydrogen-bond donors (Lipinski definition) is 4. The molecule has 0 radical (unpaired) electrons. The standard InChI is InChI=1S/C13H13NO8S/c15-9-4-1-8(2-5-9)3-6-12(17)22-14-11(16)7-10(13(14)18)23(19,20)21/h1-2,4-5,7,15-16,18H,3,6H2,(H,19,20,21). The summed E-state index contributed by atoms with van der Waals surface area (Å²) in [6, 6.07) is 6.64. The van der Waals surface area contributed by atoms with Crippen LogP contribution in [0.1, 0.15) is 12.0 Å². The number of carbonyl (C=O) groups excluding carboxylic acids is 1. The summed E-state index contributed by atoms with van der Waals surface area (Å²) in [5.74, 6) is -2.77. The van der Waals surface area contributed by atoms with E-state index < -0.39 is 32.7 Å². The van der Waals surface area contributed by atoms with Crippen molar-refractivity contribution in [2.24, 2.45) is 0 Å². The van der Waals surface area contributed by atoms with Gasteiger partial charge in [-0.05, 0) is 24.1 Å². The van der Waals surface area contributed by atoms with Gasteiger partial charge in [0.25, 0.3) is 16.0 Å². The summed E-state index contributed by atoms with van der Waals surface area (Å²) in [7, 11) is -4.78. The summed E-state index contributed by atoms with van der Waals surface area (Å²) in [4.78, 5) is 15.4. The fourth-order valence-electron chi connectivity index (χ4n) is 1.79. The van der Waals surface area contributed by atoms with Crippen molar-refractivity contribution in [3.8, 4) is 17.5 Å². The number of aromatic hydroxyl groups is 3. The number of phenols is 1. The molecule has 10 heteroatoms. The van der Waals surface area contributed by atoms with Crippen LogP contribution in [0.5, 0.6) is 17.5 Å². The molecule has 0 spiro atoms. The van der Waals surface area contributed by atoms with E-state index in [4.69, 9.17) is 9.66 Å². The molecule has 0 aliphatic rings. The predicted molar refractivity (Wildman–Crippen MR) is 75.6 cm³/mol. The Hall–Kier alpha value is -2.72. The lowest BCUT2D eigenvalue weighted by Gasteiger charge is -2.07. The highest BCUT2D eigenvalue weighted by Gasteiger charge is 2.25. The van der Waals surface area contributed by atoms with E-state index >= 15 is 0 Å². The smallest absolute Gasteiger partial charge is 0.333 e. The Morgan fingerprint density at radius 3 is 2.26 bits per heavy atom. The highest BCUT2D eigenvalue weighted by molar-refractivity contribution is 7.86. The fraction of sp³-hybridized carbons (Fsp3) is 0.154. The number of nitrogens with zero attached hydrogens (tertiary/aromatic N) is 1. The molecular formula is C13H13NO8S. The van der Waals surface area contributed by atoms with Gasteiger partial charge in [-0.2, -0.15) is 8.42 Å². The molecule has 0 aliphatic heterocycles. The Bertz CT molecular complexity index is 822. The van der Waals surface area contributed by atoms with E-state index in [2.05, 4.69) is 4.84 Å². The normalized spacial score (nSPS) is 11.3. The van der Waals surface area contributed by atoms with Crippen molar-refractivity contribution in [1.29, 1.82) is 0 Å². The molecule has 0 amide bonds. The average molecular weight is 343 g/mol. The minimum Gasteiger partial charge on any atom is -0.508 e. The van der Waals surface area contributed by atoms with Crippen LogP contribution in [0, 0.1) is 0 Å². The van der Waals surface area contributed by atoms with Gasteiger partial charge in [0.2, 0.25) is 5.88 Å². The van der Waals surface area contributed by atoms with Crippen LogP contribution in [0.3, 0.4) is 0 Å². The minimum absolute atomic E-state index is 0.0799. The number of benzene rings is 1. The Morgan fingerprint density at radius 1 is 1.13 bits per heavy atom. The van der Waals surface area contributed by atoms with Crippen LogP contribution in [0.25, 0.3) is 0 Å². The first-order chi connectivity index (χ1) is 10.7. The van der Waals surface area contributed by atoms with Crippen molar-refractivity contribution in [2.45, 2.75) is 17.7 Å². The number of aromatic nitrogens is 1. The molecule has 4 N–H and O–H groups in total. The highest BCUT2D eigenvalue weighted by atomic mass is 32.2. The minimum atomic E-state index is -4.78. The Morgan fingerprint density at radius 2 is 1.74 bits per heavy atom. The summed E-state index contributed by atoms with van der Waals surface area (Å²) in [5.41, 5.74) is 0.735. The number of hydrogen-bond acceptors (Lipinski definition) is 7. The van der Waals surface area contributed by atoms with Crippen LogP contribution in [0.4, 0.5) is 0 Å². The van der Waals surface area contributed by atoms with Gasteiger partial charge in [0.15, 0.2) is 4.90 Å². The monoisotopic (exact) mass is 343 g/mol. The van der Waals surface area contributed by atoms with E-state index in [1.54, 1.807) is 12.1 Å². The van der Waals surface area contributed by atoms with Crippen molar-refractivity contribution < 1.29 is 37.9 Å². The molecule has 124 valence electrons. The molecular weight excluding hydrogens is 330 g/mol. The third-order valence-electron chi connectivity index (χ3n) is 2.91. The fourth-order valence-corrected chi connectivity index (χ4v) is 2.35. The number of phenolic OH excluding ortho intramolecular Hbond substituents is 1. The van der Waals surface area contributed by atoms with Crippen LogP contribution in [0.15, 0.2) is 35.2 Å². The lowest BCUT2D eigenvalue weighted by molar-refractivity contribution is -0.145. The van der Waals surface area contributed by atoms with E-state index in [-0.39, 0.29) is 23.3 Å². The van der Waals surface area contributed by atoms with Crippen molar-refractivity contribution in [1.82, 2.24) is 4.73 Å². The maximum Gasteiger partial charge on any atom is 0.333 e. The Labute approximate surface area is 130 Å². The summed E-state index contributed by atoms with van der Waals surface area (Å²) >= 11 is 0. The molecule has 1 aromatic carbocycles. The van der Waals surface area contributed by atoms with Crippen molar-refractivity contribution in [2.75, 3.05) is 0 Å². The lowest BCUT2D eigenvalue weighted by Crippen LogP contribution is -2.19. The molecule has 2 aromatic rings. The van der Waals surface area contributed by atoms with E-state index in [0.29, 0.717) is 6.07 Å². The van der Waals surface area contributed by atoms with Gasteiger partial charge in [-0.15, -0.1) is 4.73 Å². The van der Waals surface area contributed by atoms with Crippen molar-refractivity contribution in [3.63, 3.8) is 0 Å². The average Bonchev–Trinajstić information content (AvgIpc) is 2.75. The maximum atomic E-state index is 11.7. The molecule has 1 aromatic heterocycles. The summed E-state index contributed by atoms with van der Waals surface area (Å²) in [5, 5.41) is 28.2. The molecule has 23 heavy (non-hydrogen) atoms.